The number of ketones is 1. The van der Waals surface area contributed by atoms with E-state index in [9.17, 15) is 4.79 Å². The Morgan fingerprint density at radius 3 is 3.13 bits per heavy atom. The minimum atomic E-state index is -0.0951. The Labute approximate surface area is 94.8 Å². The molecule has 0 aliphatic rings. The molecule has 0 bridgehead atoms. The number of hydrogen-bond donors (Lipinski definition) is 1. The lowest BCUT2D eigenvalue weighted by atomic mass is 10.1. The average molecular weight is 269 g/mol. The Kier molecular flexibility index (Phi) is 2.83. The second-order valence-corrected chi connectivity index (χ2v) is 4.04. The number of carbonyl (C=O) groups is 1. The summed E-state index contributed by atoms with van der Waals surface area (Å²) in [5, 5.41) is 7.36. The van der Waals surface area contributed by atoms with Gasteiger partial charge in [0, 0.05) is 4.47 Å². The van der Waals surface area contributed by atoms with Gasteiger partial charge in [-0.25, -0.2) is 0 Å². The number of hydrogen-bond acceptors (Lipinski definition) is 4. The molecule has 0 atom stereocenters. The third kappa shape index (κ3) is 1.93. The molecule has 0 saturated heterocycles. The first-order chi connectivity index (χ1) is 7.22. The smallest absolute Gasteiger partial charge is 0.215 e. The summed E-state index contributed by atoms with van der Waals surface area (Å²) in [6, 6.07) is 5.49. The first-order valence-corrected chi connectivity index (χ1v) is 5.24. The van der Waals surface area contributed by atoms with Crippen LogP contribution in [0.4, 0.5) is 0 Å². The van der Waals surface area contributed by atoms with Crippen LogP contribution in [0.1, 0.15) is 10.6 Å². The van der Waals surface area contributed by atoms with Crippen LogP contribution in [0.2, 0.25) is 0 Å². The van der Waals surface area contributed by atoms with Gasteiger partial charge in [-0.2, -0.15) is 0 Å². The summed E-state index contributed by atoms with van der Waals surface area (Å²) in [5.74, 6) is 0.217. The van der Waals surface area contributed by atoms with Crippen LogP contribution in [0.15, 0.2) is 27.2 Å². The minimum absolute atomic E-state index is 0.0951. The fraction of sp³-hybridized carbons (Fsp3) is 0.200. The van der Waals surface area contributed by atoms with Crippen molar-refractivity contribution in [3.63, 3.8) is 0 Å². The highest BCUT2D eigenvalue weighted by Crippen LogP contribution is 2.22. The van der Waals surface area contributed by atoms with E-state index in [1.54, 1.807) is 7.05 Å². The van der Waals surface area contributed by atoms with E-state index in [1.165, 1.54) is 0 Å². The fourth-order valence-electron chi connectivity index (χ4n) is 1.36. The molecule has 0 unspecified atom stereocenters. The zero-order valence-corrected chi connectivity index (χ0v) is 9.67. The molecule has 1 N–H and O–H groups in total. The molecule has 0 aliphatic carbocycles. The lowest BCUT2D eigenvalue weighted by Crippen LogP contribution is -2.18. The van der Waals surface area contributed by atoms with Gasteiger partial charge in [0.25, 0.3) is 0 Å². The second-order valence-electron chi connectivity index (χ2n) is 3.13. The topological polar surface area (TPSA) is 55.1 Å². The number of halogens is 1. The number of benzene rings is 1. The van der Waals surface area contributed by atoms with Gasteiger partial charge < -0.3 is 9.84 Å². The van der Waals surface area contributed by atoms with Crippen LogP contribution in [0.5, 0.6) is 0 Å². The Morgan fingerprint density at radius 2 is 2.40 bits per heavy atom. The van der Waals surface area contributed by atoms with Crippen molar-refractivity contribution in [2.45, 2.75) is 0 Å². The van der Waals surface area contributed by atoms with Crippen molar-refractivity contribution in [1.82, 2.24) is 10.5 Å². The van der Waals surface area contributed by atoms with E-state index in [2.05, 4.69) is 26.4 Å². The van der Waals surface area contributed by atoms with Crippen LogP contribution in [0.25, 0.3) is 10.9 Å². The number of Topliss-reactive ketones (excluding diaryl/α,β-unsaturated/α-hetero) is 1. The number of carbonyl (C=O) groups excluding carboxylic acids is 1. The van der Waals surface area contributed by atoms with E-state index in [0.29, 0.717) is 11.3 Å². The van der Waals surface area contributed by atoms with Crippen molar-refractivity contribution in [3.8, 4) is 0 Å². The average Bonchev–Trinajstić information content (AvgIpc) is 2.60. The molecule has 4 nitrogen and oxygen atoms in total. The van der Waals surface area contributed by atoms with Gasteiger partial charge in [-0.15, -0.1) is 0 Å². The quantitative estimate of drug-likeness (QED) is 0.866. The van der Waals surface area contributed by atoms with Gasteiger partial charge in [-0.3, -0.25) is 4.79 Å². The Hall–Kier alpha value is -1.20. The number of nitrogens with zero attached hydrogens (tertiary/aromatic N) is 1. The number of likely N-dealkylation sites (N-methyl/N-ethyl adjacent to an activating group) is 1. The molecule has 0 radical (unpaired) electrons. The monoisotopic (exact) mass is 268 g/mol. The van der Waals surface area contributed by atoms with Crippen molar-refractivity contribution in [2.75, 3.05) is 13.6 Å². The van der Waals surface area contributed by atoms with Gasteiger partial charge >= 0.3 is 0 Å². The normalized spacial score (nSPS) is 10.8. The Bertz CT molecular complexity index is 507. The fourth-order valence-corrected chi connectivity index (χ4v) is 1.71. The molecule has 0 amide bonds. The molecule has 15 heavy (non-hydrogen) atoms. The van der Waals surface area contributed by atoms with Crippen molar-refractivity contribution in [3.05, 3.63) is 28.4 Å². The van der Waals surface area contributed by atoms with Crippen LogP contribution in [0.3, 0.4) is 0 Å². The zero-order chi connectivity index (χ0) is 10.8. The summed E-state index contributed by atoms with van der Waals surface area (Å²) in [4.78, 5) is 11.6. The SMILES string of the molecule is CNCC(=O)c1onc2cc(Br)ccc12. The van der Waals surface area contributed by atoms with E-state index in [0.717, 1.165) is 9.86 Å². The van der Waals surface area contributed by atoms with E-state index in [-0.39, 0.29) is 12.3 Å². The van der Waals surface area contributed by atoms with Crippen molar-refractivity contribution in [2.24, 2.45) is 0 Å². The molecule has 2 rings (SSSR count). The maximum absolute atomic E-state index is 11.6. The Morgan fingerprint density at radius 1 is 1.60 bits per heavy atom. The van der Waals surface area contributed by atoms with Gasteiger partial charge in [0.05, 0.1) is 11.9 Å². The van der Waals surface area contributed by atoms with E-state index in [4.69, 9.17) is 4.52 Å². The van der Waals surface area contributed by atoms with Gasteiger partial charge in [-0.05, 0) is 25.2 Å². The van der Waals surface area contributed by atoms with E-state index < -0.39 is 0 Å². The Balaban J connectivity index is 2.49. The summed E-state index contributed by atoms with van der Waals surface area (Å²) >= 11 is 3.33. The molecule has 0 spiro atoms. The standard InChI is InChI=1S/C10H9BrN2O2/c1-12-5-9(14)10-7-3-2-6(11)4-8(7)13-15-10/h2-4,12H,5H2,1H3. The molecule has 0 fully saturated rings. The highest BCUT2D eigenvalue weighted by atomic mass is 79.9. The van der Waals surface area contributed by atoms with Crippen LogP contribution in [-0.4, -0.2) is 24.5 Å². The van der Waals surface area contributed by atoms with Crippen LogP contribution >= 0.6 is 15.9 Å². The third-order valence-electron chi connectivity index (χ3n) is 2.03. The number of aromatic nitrogens is 1. The number of fused-ring (bicyclic) bond motifs is 1. The summed E-state index contributed by atoms with van der Waals surface area (Å²) in [6.07, 6.45) is 0. The zero-order valence-electron chi connectivity index (χ0n) is 8.08. The molecular weight excluding hydrogens is 260 g/mol. The van der Waals surface area contributed by atoms with Gasteiger partial charge in [0.2, 0.25) is 11.5 Å². The van der Waals surface area contributed by atoms with Crippen LogP contribution in [0, 0.1) is 0 Å². The van der Waals surface area contributed by atoms with Crippen LogP contribution < -0.4 is 5.32 Å². The minimum Gasteiger partial charge on any atom is -0.352 e. The summed E-state index contributed by atoms with van der Waals surface area (Å²) in [5.41, 5.74) is 0.684. The first kappa shape index (κ1) is 10.3. The van der Waals surface area contributed by atoms with Crippen molar-refractivity contribution >= 4 is 32.6 Å². The molecule has 1 heterocycles. The maximum Gasteiger partial charge on any atom is 0.215 e. The summed E-state index contributed by atoms with van der Waals surface area (Å²) < 4.78 is 5.94. The highest BCUT2D eigenvalue weighted by molar-refractivity contribution is 9.10. The molecule has 0 saturated carbocycles. The predicted molar refractivity (Wildman–Crippen MR) is 60.0 cm³/mol. The molecule has 1 aromatic heterocycles. The first-order valence-electron chi connectivity index (χ1n) is 4.45. The molecule has 78 valence electrons. The summed E-state index contributed by atoms with van der Waals surface area (Å²) in [7, 11) is 1.72. The lowest BCUT2D eigenvalue weighted by molar-refractivity contribution is 0.0960. The molecule has 0 aliphatic heterocycles. The maximum atomic E-state index is 11.6. The van der Waals surface area contributed by atoms with E-state index in [1.807, 2.05) is 18.2 Å². The van der Waals surface area contributed by atoms with Crippen molar-refractivity contribution in [1.29, 1.82) is 0 Å². The van der Waals surface area contributed by atoms with Crippen molar-refractivity contribution < 1.29 is 9.32 Å². The molecule has 1 aromatic carbocycles. The van der Waals surface area contributed by atoms with E-state index >= 15 is 0 Å². The largest absolute Gasteiger partial charge is 0.352 e. The van der Waals surface area contributed by atoms with Gasteiger partial charge in [0.1, 0.15) is 5.52 Å². The summed E-state index contributed by atoms with van der Waals surface area (Å²) in [6.45, 7) is 0.250. The molecule has 2 aromatic rings. The molecule has 5 heteroatoms. The lowest BCUT2D eigenvalue weighted by Gasteiger charge is -1.94. The van der Waals surface area contributed by atoms with Gasteiger partial charge in [0.15, 0.2) is 0 Å². The third-order valence-corrected chi connectivity index (χ3v) is 2.52. The molecular formula is C10H9BrN2O2. The van der Waals surface area contributed by atoms with Crippen LogP contribution in [-0.2, 0) is 0 Å². The predicted octanol–water partition coefficient (Wildman–Crippen LogP) is 1.99. The van der Waals surface area contributed by atoms with Gasteiger partial charge in [-0.1, -0.05) is 21.1 Å². The number of nitrogens with one attached hydrogen (secondary N) is 1. The highest BCUT2D eigenvalue weighted by Gasteiger charge is 2.15. The second kappa shape index (κ2) is 4.12. The number of rotatable bonds is 3.